The highest BCUT2D eigenvalue weighted by Gasteiger charge is 2.09. The number of anilines is 1. The zero-order valence-corrected chi connectivity index (χ0v) is 11.3. The van der Waals surface area contributed by atoms with E-state index in [0.717, 1.165) is 21.4 Å². The van der Waals surface area contributed by atoms with Crippen LogP contribution < -0.4 is 5.32 Å². The van der Waals surface area contributed by atoms with Gasteiger partial charge in [0.25, 0.3) is 0 Å². The summed E-state index contributed by atoms with van der Waals surface area (Å²) in [6.07, 6.45) is 1.99. The first kappa shape index (κ1) is 11.6. The molecule has 0 radical (unpaired) electrons. The Kier molecular flexibility index (Phi) is 4.53. The number of nitrogens with zero attached hydrogens (tertiary/aromatic N) is 2. The van der Waals surface area contributed by atoms with Crippen molar-refractivity contribution in [1.82, 2.24) is 4.98 Å². The largest absolute Gasteiger partial charge is 0.365 e. The summed E-state index contributed by atoms with van der Waals surface area (Å²) >= 11 is 3.81. The van der Waals surface area contributed by atoms with Gasteiger partial charge in [-0.2, -0.15) is 0 Å². The maximum Gasteiger partial charge on any atom is 0.183 e. The van der Waals surface area contributed by atoms with Crippen LogP contribution in [0.15, 0.2) is 15.2 Å². The molecule has 14 heavy (non-hydrogen) atoms. The number of thiazole rings is 1. The van der Waals surface area contributed by atoms with Crippen molar-refractivity contribution >= 4 is 44.8 Å². The zero-order valence-electron chi connectivity index (χ0n) is 8.34. The van der Waals surface area contributed by atoms with Crippen LogP contribution in [-0.2, 0) is 0 Å². The lowest BCUT2D eigenvalue weighted by Crippen LogP contribution is -1.95. The summed E-state index contributed by atoms with van der Waals surface area (Å²) in [4.78, 5) is 9.72. The molecule has 0 spiro atoms. The van der Waals surface area contributed by atoms with Crippen LogP contribution in [0.1, 0.15) is 10.6 Å². The van der Waals surface area contributed by atoms with E-state index < -0.39 is 0 Å². The van der Waals surface area contributed by atoms with Gasteiger partial charge in [-0.15, -0.1) is 0 Å². The maximum atomic E-state index is 4.37. The van der Waals surface area contributed by atoms with Gasteiger partial charge in [-0.1, -0.05) is 33.9 Å². The molecule has 0 aliphatic heterocycles. The Morgan fingerprint density at radius 2 is 2.36 bits per heavy atom. The van der Waals surface area contributed by atoms with Gasteiger partial charge in [0.2, 0.25) is 0 Å². The predicted molar refractivity (Wildman–Crippen MR) is 72.0 cm³/mol. The van der Waals surface area contributed by atoms with Crippen molar-refractivity contribution < 1.29 is 0 Å². The third-order valence-corrected chi connectivity index (χ3v) is 3.26. The molecule has 1 aromatic rings. The number of nitrogens with one attached hydrogen (secondary N) is 1. The number of hydrogen-bond donors (Lipinski definition) is 1. The summed E-state index contributed by atoms with van der Waals surface area (Å²) < 4.78 is 1.96. The lowest BCUT2D eigenvalue weighted by molar-refractivity contribution is 1.24. The maximum absolute atomic E-state index is 4.37. The fourth-order valence-corrected chi connectivity index (χ4v) is 2.33. The van der Waals surface area contributed by atoms with E-state index in [1.165, 1.54) is 0 Å². The molecule has 0 unspecified atom stereocenters. The second-order valence-corrected chi connectivity index (χ2v) is 4.30. The number of allylic oxidation sites excluding steroid dienone is 1. The van der Waals surface area contributed by atoms with Crippen molar-refractivity contribution in [3.8, 4) is 0 Å². The lowest BCUT2D eigenvalue weighted by Gasteiger charge is -1.95. The fraction of sp³-hybridized carbons (Fsp3) is 0.333. The SMILES string of the molecule is CN=C(/C=C\I)c1sc(NC)nc1C. The van der Waals surface area contributed by atoms with Gasteiger partial charge in [0.1, 0.15) is 0 Å². The van der Waals surface area contributed by atoms with Crippen molar-refractivity contribution in [3.05, 3.63) is 20.7 Å². The molecule has 0 bridgehead atoms. The van der Waals surface area contributed by atoms with E-state index in [1.807, 2.05) is 24.1 Å². The molecule has 0 saturated carbocycles. The Balaban J connectivity index is 3.10. The number of aryl methyl sites for hydroxylation is 1. The number of aliphatic imine (C=N–C) groups is 1. The Hall–Kier alpha value is -0.430. The third kappa shape index (κ3) is 2.54. The van der Waals surface area contributed by atoms with Crippen LogP contribution in [0, 0.1) is 6.92 Å². The van der Waals surface area contributed by atoms with Gasteiger partial charge in [0, 0.05) is 14.1 Å². The van der Waals surface area contributed by atoms with Gasteiger partial charge in [-0.05, 0) is 17.1 Å². The Morgan fingerprint density at radius 3 is 2.79 bits per heavy atom. The molecule has 0 saturated heterocycles. The van der Waals surface area contributed by atoms with E-state index in [0.29, 0.717) is 0 Å². The minimum absolute atomic E-state index is 0.931. The fourth-order valence-electron chi connectivity index (χ4n) is 1.05. The van der Waals surface area contributed by atoms with Crippen LogP contribution in [0.4, 0.5) is 5.13 Å². The molecule has 0 aliphatic rings. The average Bonchev–Trinajstić information content (AvgIpc) is 2.56. The van der Waals surface area contributed by atoms with Gasteiger partial charge in [0.15, 0.2) is 5.13 Å². The van der Waals surface area contributed by atoms with Crippen molar-refractivity contribution in [2.24, 2.45) is 4.99 Å². The van der Waals surface area contributed by atoms with Crippen molar-refractivity contribution in [1.29, 1.82) is 0 Å². The number of halogens is 1. The smallest absolute Gasteiger partial charge is 0.183 e. The van der Waals surface area contributed by atoms with Crippen molar-refractivity contribution in [3.63, 3.8) is 0 Å². The number of aromatic nitrogens is 1. The second kappa shape index (κ2) is 5.45. The molecule has 3 nitrogen and oxygen atoms in total. The standard InChI is InChI=1S/C9H12IN3S/c1-6-8(7(11-2)4-5-10)14-9(12-3)13-6/h4-5H,1-3H3,(H,12,13)/b5-4-,11-7?. The second-order valence-electron chi connectivity index (χ2n) is 2.59. The van der Waals surface area contributed by atoms with E-state index in [2.05, 4.69) is 37.9 Å². The molecule has 0 atom stereocenters. The molecule has 5 heteroatoms. The van der Waals surface area contributed by atoms with Gasteiger partial charge < -0.3 is 5.32 Å². The molecule has 0 aromatic carbocycles. The summed E-state index contributed by atoms with van der Waals surface area (Å²) in [5, 5.41) is 3.97. The van der Waals surface area contributed by atoms with Crippen molar-refractivity contribution in [2.75, 3.05) is 19.4 Å². The van der Waals surface area contributed by atoms with E-state index >= 15 is 0 Å². The van der Waals surface area contributed by atoms with Gasteiger partial charge >= 0.3 is 0 Å². The summed E-state index contributed by atoms with van der Waals surface area (Å²) in [5.41, 5.74) is 2.00. The monoisotopic (exact) mass is 321 g/mol. The summed E-state index contributed by atoms with van der Waals surface area (Å²) in [6.45, 7) is 2.00. The van der Waals surface area contributed by atoms with Crippen LogP contribution in [0.2, 0.25) is 0 Å². The van der Waals surface area contributed by atoms with Gasteiger partial charge in [-0.25, -0.2) is 4.98 Å². The topological polar surface area (TPSA) is 37.3 Å². The minimum atomic E-state index is 0.931. The quantitative estimate of drug-likeness (QED) is 0.687. The lowest BCUT2D eigenvalue weighted by atomic mass is 10.2. The van der Waals surface area contributed by atoms with Gasteiger partial charge in [-0.3, -0.25) is 4.99 Å². The summed E-state index contributed by atoms with van der Waals surface area (Å²) in [5.74, 6) is 0. The van der Waals surface area contributed by atoms with Crippen LogP contribution >= 0.6 is 33.9 Å². The van der Waals surface area contributed by atoms with Crippen molar-refractivity contribution in [2.45, 2.75) is 6.92 Å². The molecular weight excluding hydrogens is 309 g/mol. The van der Waals surface area contributed by atoms with E-state index in [4.69, 9.17) is 0 Å². The highest BCUT2D eigenvalue weighted by Crippen LogP contribution is 2.23. The first-order chi connectivity index (χ1) is 6.72. The molecule has 1 N–H and O–H groups in total. The van der Waals surface area contributed by atoms with E-state index in [9.17, 15) is 0 Å². The Labute approximate surface area is 101 Å². The predicted octanol–water partition coefficient (Wildman–Crippen LogP) is 2.86. The first-order valence-corrected chi connectivity index (χ1v) is 6.18. The number of hydrogen-bond acceptors (Lipinski definition) is 4. The summed E-state index contributed by atoms with van der Waals surface area (Å²) in [6, 6.07) is 0. The zero-order chi connectivity index (χ0) is 10.6. The molecular formula is C9H12IN3S. The molecule has 0 amide bonds. The number of rotatable bonds is 3. The van der Waals surface area contributed by atoms with Gasteiger partial charge in [0.05, 0.1) is 16.3 Å². The third-order valence-electron chi connectivity index (χ3n) is 1.70. The normalized spacial score (nSPS) is 12.4. The molecule has 0 fully saturated rings. The molecule has 0 aliphatic carbocycles. The minimum Gasteiger partial charge on any atom is -0.365 e. The highest BCUT2D eigenvalue weighted by molar-refractivity contribution is 14.1. The molecule has 1 rings (SSSR count). The molecule has 1 heterocycles. The van der Waals surface area contributed by atoms with Crippen LogP contribution in [-0.4, -0.2) is 24.8 Å². The van der Waals surface area contributed by atoms with Crippen LogP contribution in [0.3, 0.4) is 0 Å². The highest BCUT2D eigenvalue weighted by atomic mass is 127. The van der Waals surface area contributed by atoms with E-state index in [1.54, 1.807) is 18.4 Å². The average molecular weight is 321 g/mol. The van der Waals surface area contributed by atoms with Crippen LogP contribution in [0.5, 0.6) is 0 Å². The Morgan fingerprint density at radius 1 is 1.64 bits per heavy atom. The van der Waals surface area contributed by atoms with Crippen LogP contribution in [0.25, 0.3) is 0 Å². The molecule has 1 aromatic heterocycles. The molecule has 76 valence electrons. The summed E-state index contributed by atoms with van der Waals surface area (Å²) in [7, 11) is 3.67. The van der Waals surface area contributed by atoms with E-state index in [-0.39, 0.29) is 0 Å². The first-order valence-electron chi connectivity index (χ1n) is 4.12. The Bertz CT molecular complexity index is 368.